The highest BCUT2D eigenvalue weighted by Crippen LogP contribution is 1.85. The van der Waals surface area contributed by atoms with E-state index >= 15 is 0 Å². The molecule has 50 valence electrons. The van der Waals surface area contributed by atoms with Gasteiger partial charge in [-0.15, -0.1) is 0 Å². The van der Waals surface area contributed by atoms with E-state index in [4.69, 9.17) is 5.11 Å². The molecule has 0 fully saturated rings. The molecule has 1 heterocycles. The maximum Gasteiger partial charge on any atom is 0.319 e. The molecule has 0 bridgehead atoms. The number of hydrogen-bond donors (Lipinski definition) is 2. The highest BCUT2D eigenvalue weighted by Gasteiger charge is 2.09. The molecule has 0 aromatic carbocycles. The second-order valence-electron chi connectivity index (χ2n) is 1.69. The van der Waals surface area contributed by atoms with Gasteiger partial charge in [0.05, 0.1) is 6.54 Å². The number of carboxylic acid groups (broad SMARTS) is 1. The number of nitrogens with zero attached hydrogens (tertiary/aromatic N) is 2. The summed E-state index contributed by atoms with van der Waals surface area (Å²) in [5, 5.41) is 13.3. The van der Waals surface area contributed by atoms with Gasteiger partial charge in [-0.05, 0) is 0 Å². The van der Waals surface area contributed by atoms with Crippen molar-refractivity contribution in [2.45, 2.75) is 0 Å². The molecule has 0 spiro atoms. The quantitative estimate of drug-likeness (QED) is 0.495. The smallest absolute Gasteiger partial charge is 0.319 e. The molecule has 1 aliphatic heterocycles. The fraction of sp³-hybridized carbons (Fsp3) is 0.500. The van der Waals surface area contributed by atoms with Crippen LogP contribution in [0.15, 0.2) is 5.10 Å². The molecule has 5 heteroatoms. The maximum absolute atomic E-state index is 10.0. The van der Waals surface area contributed by atoms with E-state index in [9.17, 15) is 4.79 Å². The van der Waals surface area contributed by atoms with Gasteiger partial charge in [-0.3, -0.25) is 4.79 Å². The van der Waals surface area contributed by atoms with Gasteiger partial charge in [0.15, 0.2) is 0 Å². The summed E-state index contributed by atoms with van der Waals surface area (Å²) in [6.45, 7) is 0.548. The minimum atomic E-state index is -0.854. The molecule has 0 atom stereocenters. The van der Waals surface area contributed by atoms with Crippen LogP contribution in [0.4, 0.5) is 0 Å². The van der Waals surface area contributed by atoms with Gasteiger partial charge in [0.1, 0.15) is 6.54 Å². The zero-order valence-corrected chi connectivity index (χ0v) is 4.74. The number of nitrogens with one attached hydrogen (secondary N) is 1. The average molecular weight is 129 g/mol. The highest BCUT2D eigenvalue weighted by molar-refractivity contribution is 5.70. The number of aliphatic carboxylic acids is 1. The Balaban J connectivity index is 2.22. The summed E-state index contributed by atoms with van der Waals surface area (Å²) in [6, 6.07) is 0. The number of carbonyl (C=O) groups is 1. The number of rotatable bonds is 2. The van der Waals surface area contributed by atoms with E-state index in [-0.39, 0.29) is 6.54 Å². The second kappa shape index (κ2) is 2.45. The maximum atomic E-state index is 10.0. The van der Waals surface area contributed by atoms with Gasteiger partial charge >= 0.3 is 5.97 Å². The Kier molecular flexibility index (Phi) is 1.64. The first-order chi connectivity index (χ1) is 4.29. The molecule has 0 amide bonds. The zero-order chi connectivity index (χ0) is 6.69. The number of hydrazine groups is 1. The van der Waals surface area contributed by atoms with Gasteiger partial charge in [0.2, 0.25) is 0 Å². The third kappa shape index (κ3) is 1.69. The molecule has 0 aromatic heterocycles. The molecule has 0 aliphatic carbocycles. The Labute approximate surface area is 51.9 Å². The van der Waals surface area contributed by atoms with Crippen molar-refractivity contribution in [1.29, 1.82) is 0 Å². The molecular formula is C4H7N3O2. The summed E-state index contributed by atoms with van der Waals surface area (Å²) < 4.78 is 0. The number of hydrogen-bond acceptors (Lipinski definition) is 4. The van der Waals surface area contributed by atoms with E-state index in [2.05, 4.69) is 10.6 Å². The van der Waals surface area contributed by atoms with Gasteiger partial charge in [-0.25, -0.2) is 5.53 Å². The van der Waals surface area contributed by atoms with E-state index in [0.717, 1.165) is 0 Å². The lowest BCUT2D eigenvalue weighted by molar-refractivity contribution is -0.138. The molecule has 1 rings (SSSR count). The molecule has 1 aliphatic rings. The SMILES string of the molecule is O=C(O)CN1CC=NN1. The van der Waals surface area contributed by atoms with Gasteiger partial charge in [-0.1, -0.05) is 0 Å². The average Bonchev–Trinajstić information content (AvgIpc) is 2.15. The molecule has 0 saturated heterocycles. The van der Waals surface area contributed by atoms with Crippen LogP contribution in [0.1, 0.15) is 0 Å². The van der Waals surface area contributed by atoms with Gasteiger partial charge in [-0.2, -0.15) is 10.1 Å². The Hall–Kier alpha value is -1.10. The fourth-order valence-electron chi connectivity index (χ4n) is 0.566. The topological polar surface area (TPSA) is 64.9 Å². The summed E-state index contributed by atoms with van der Waals surface area (Å²) in [6.07, 6.45) is 1.61. The van der Waals surface area contributed by atoms with Crippen molar-refractivity contribution in [3.8, 4) is 0 Å². The van der Waals surface area contributed by atoms with Gasteiger partial charge in [0, 0.05) is 6.21 Å². The number of hydrazone groups is 1. The van der Waals surface area contributed by atoms with Crippen LogP contribution in [0.5, 0.6) is 0 Å². The van der Waals surface area contributed by atoms with E-state index in [1.54, 1.807) is 6.21 Å². The van der Waals surface area contributed by atoms with Crippen LogP contribution in [0.3, 0.4) is 0 Å². The van der Waals surface area contributed by atoms with Crippen molar-refractivity contribution < 1.29 is 9.90 Å². The summed E-state index contributed by atoms with van der Waals surface area (Å²) in [4.78, 5) is 10.0. The predicted molar refractivity (Wildman–Crippen MR) is 30.8 cm³/mol. The monoisotopic (exact) mass is 129 g/mol. The minimum absolute atomic E-state index is 0.0139. The first kappa shape index (κ1) is 6.03. The van der Waals surface area contributed by atoms with Crippen LogP contribution in [0.2, 0.25) is 0 Å². The van der Waals surface area contributed by atoms with E-state index in [1.807, 2.05) is 0 Å². The molecule has 0 radical (unpaired) electrons. The fourth-order valence-corrected chi connectivity index (χ4v) is 0.566. The molecule has 2 N–H and O–H groups in total. The van der Waals surface area contributed by atoms with Crippen molar-refractivity contribution in [3.05, 3.63) is 0 Å². The van der Waals surface area contributed by atoms with Crippen LogP contribution in [0.25, 0.3) is 0 Å². The Morgan fingerprint density at radius 3 is 3.22 bits per heavy atom. The van der Waals surface area contributed by atoms with Crippen LogP contribution in [-0.2, 0) is 4.79 Å². The largest absolute Gasteiger partial charge is 0.480 e. The van der Waals surface area contributed by atoms with Gasteiger partial charge in [0.25, 0.3) is 0 Å². The van der Waals surface area contributed by atoms with E-state index < -0.39 is 5.97 Å². The molecule has 0 aromatic rings. The van der Waals surface area contributed by atoms with Crippen molar-refractivity contribution in [2.75, 3.05) is 13.1 Å². The van der Waals surface area contributed by atoms with Crippen molar-refractivity contribution >= 4 is 12.2 Å². The Morgan fingerprint density at radius 1 is 2.00 bits per heavy atom. The summed E-state index contributed by atoms with van der Waals surface area (Å²) in [7, 11) is 0. The molecule has 0 saturated carbocycles. The first-order valence-corrected chi connectivity index (χ1v) is 2.53. The van der Waals surface area contributed by atoms with Crippen LogP contribution >= 0.6 is 0 Å². The van der Waals surface area contributed by atoms with Crippen molar-refractivity contribution in [2.24, 2.45) is 5.10 Å². The Morgan fingerprint density at radius 2 is 2.78 bits per heavy atom. The minimum Gasteiger partial charge on any atom is -0.480 e. The van der Waals surface area contributed by atoms with Crippen molar-refractivity contribution in [1.82, 2.24) is 10.5 Å². The highest BCUT2D eigenvalue weighted by atomic mass is 16.4. The Bertz CT molecular complexity index is 137. The molecule has 9 heavy (non-hydrogen) atoms. The third-order valence-corrected chi connectivity index (χ3v) is 0.919. The predicted octanol–water partition coefficient (Wildman–Crippen LogP) is -1.12. The lowest BCUT2D eigenvalue weighted by Gasteiger charge is -2.09. The van der Waals surface area contributed by atoms with E-state index in [0.29, 0.717) is 6.54 Å². The van der Waals surface area contributed by atoms with Crippen LogP contribution in [-0.4, -0.2) is 35.4 Å². The lowest BCUT2D eigenvalue weighted by Crippen LogP contribution is -2.35. The van der Waals surface area contributed by atoms with Crippen molar-refractivity contribution in [3.63, 3.8) is 0 Å². The van der Waals surface area contributed by atoms with Crippen LogP contribution < -0.4 is 5.53 Å². The summed E-state index contributed by atoms with van der Waals surface area (Å²) >= 11 is 0. The molecular weight excluding hydrogens is 122 g/mol. The lowest BCUT2D eigenvalue weighted by atomic mass is 10.6. The van der Waals surface area contributed by atoms with Gasteiger partial charge < -0.3 is 5.11 Å². The standard InChI is InChI=1S/C4H7N3O2/c8-4(9)3-7-2-1-5-6-7/h1,6H,2-3H2,(H,8,9). The summed E-state index contributed by atoms with van der Waals surface area (Å²) in [5.41, 5.74) is 2.51. The molecule has 0 unspecified atom stereocenters. The molecule has 5 nitrogen and oxygen atoms in total. The normalized spacial score (nSPS) is 17.8. The second-order valence-corrected chi connectivity index (χ2v) is 1.69. The third-order valence-electron chi connectivity index (χ3n) is 0.919. The van der Waals surface area contributed by atoms with E-state index in [1.165, 1.54) is 5.01 Å². The summed E-state index contributed by atoms with van der Waals surface area (Å²) in [5.74, 6) is -0.854. The number of carboxylic acids is 1. The zero-order valence-electron chi connectivity index (χ0n) is 4.74. The first-order valence-electron chi connectivity index (χ1n) is 2.53. The van der Waals surface area contributed by atoms with Crippen LogP contribution in [0, 0.1) is 0 Å².